The molecule has 0 aliphatic carbocycles. The highest BCUT2D eigenvalue weighted by molar-refractivity contribution is 6.02. The summed E-state index contributed by atoms with van der Waals surface area (Å²) in [6.45, 7) is 11.5. The molecule has 0 aliphatic rings. The maximum absolute atomic E-state index is 5.75. The van der Waals surface area contributed by atoms with Gasteiger partial charge in [0.25, 0.3) is 0 Å². The zero-order valence-electron chi connectivity index (χ0n) is 52.4. The Labute approximate surface area is 516 Å². The second-order valence-electron chi connectivity index (χ2n) is 20.0. The van der Waals surface area contributed by atoms with Crippen molar-refractivity contribution in [1.29, 1.82) is 0 Å². The molecule has 8 rings (SSSR count). The number of guanidine groups is 4. The number of nitrogens with two attached hydrogens (primary N) is 4. The van der Waals surface area contributed by atoms with Crippen molar-refractivity contribution in [2.75, 3.05) is 54.6 Å². The molecular weight excluding hydrogens is 1110 g/mol. The zero-order chi connectivity index (χ0) is 63.1. The number of methoxy groups -OCH3 is 4. The van der Waals surface area contributed by atoms with Gasteiger partial charge in [0.1, 0.15) is 23.0 Å². The van der Waals surface area contributed by atoms with E-state index >= 15 is 0 Å². The number of unbranched alkanes of at least 4 members (excludes halogenated alkanes) is 8. The van der Waals surface area contributed by atoms with Crippen LogP contribution in [0.5, 0.6) is 23.0 Å². The molecule has 0 fully saturated rings. The van der Waals surface area contributed by atoms with E-state index in [1.54, 1.807) is 53.3 Å². The van der Waals surface area contributed by atoms with Gasteiger partial charge in [0, 0.05) is 117 Å². The van der Waals surface area contributed by atoms with Crippen molar-refractivity contribution in [3.05, 3.63) is 120 Å². The van der Waals surface area contributed by atoms with Crippen molar-refractivity contribution < 1.29 is 18.9 Å². The van der Waals surface area contributed by atoms with E-state index in [1.807, 2.05) is 97.6 Å². The van der Waals surface area contributed by atoms with Gasteiger partial charge in [-0.1, -0.05) is 79.1 Å². The van der Waals surface area contributed by atoms with Crippen LogP contribution >= 0.6 is 0 Å². The summed E-state index contributed by atoms with van der Waals surface area (Å²) in [5, 5.41) is 20.7. The molecule has 0 spiro atoms. The lowest BCUT2D eigenvalue weighted by atomic mass is 10.2. The summed E-state index contributed by atoms with van der Waals surface area (Å²) in [6.07, 6.45) is 28.0. The summed E-state index contributed by atoms with van der Waals surface area (Å²) in [4.78, 5) is 29.6. The molecule has 24 heteroatoms. The second kappa shape index (κ2) is 39.6. The third kappa shape index (κ3) is 23.8. The normalized spacial score (nSPS) is 12.2. The topological polar surface area (TPSA) is 351 Å². The fourth-order valence-electron chi connectivity index (χ4n) is 8.48. The molecule has 472 valence electrons. The average Bonchev–Trinajstić information content (AvgIpc) is 4.31. The van der Waals surface area contributed by atoms with Gasteiger partial charge in [-0.25, -0.2) is 21.7 Å². The first-order valence-electron chi connectivity index (χ1n) is 29.9. The van der Waals surface area contributed by atoms with Crippen LogP contribution in [0.3, 0.4) is 0 Å². The highest BCUT2D eigenvalue weighted by Crippen LogP contribution is 2.26. The van der Waals surface area contributed by atoms with Gasteiger partial charge >= 0.3 is 0 Å². The Bertz CT molecular complexity index is 3100. The molecule has 4 aromatic carbocycles. The highest BCUT2D eigenvalue weighted by atomic mass is 16.5. The predicted octanol–water partition coefficient (Wildman–Crippen LogP) is 10.4. The summed E-state index contributed by atoms with van der Waals surface area (Å²) in [5.41, 5.74) is 41.9. The van der Waals surface area contributed by atoms with Gasteiger partial charge in [0.2, 0.25) is 23.8 Å². The summed E-state index contributed by atoms with van der Waals surface area (Å²) in [6, 6.07) is 23.4. The number of H-pyrrole nitrogens is 4. The molecule has 0 amide bonds. The van der Waals surface area contributed by atoms with Gasteiger partial charge in [-0.3, -0.25) is 20.0 Å². The number of nitrogens with zero attached hydrogens (tertiary/aromatic N) is 8. The van der Waals surface area contributed by atoms with Gasteiger partial charge in [-0.15, -0.1) is 0 Å². The SMILES string of the molecule is CCCCCN=C(N)N/N=C/c1c[nH]c2ccc(OC)cc12.CCCCCN=C(N)N/N=C/c1c[nH]c2ccc(OC)cc12.CCCCCN=C(N)NN=Cc1c[nH]c2ccc(OC)cc12.CCCCCN=C(N)NN=Cc1c[nH]c2ccc(OC)cc12. The number of rotatable bonds is 28. The minimum absolute atomic E-state index is 0.338. The van der Waals surface area contributed by atoms with Crippen LogP contribution in [0.25, 0.3) is 43.6 Å². The number of hydrogen-bond acceptors (Lipinski definition) is 12. The molecule has 4 aromatic heterocycles. The Morgan fingerprint density at radius 3 is 0.761 bits per heavy atom. The maximum atomic E-state index is 5.75. The van der Waals surface area contributed by atoms with Gasteiger partial charge in [0.05, 0.1) is 53.3 Å². The second-order valence-corrected chi connectivity index (χ2v) is 20.0. The Morgan fingerprint density at radius 1 is 0.352 bits per heavy atom. The van der Waals surface area contributed by atoms with Gasteiger partial charge in [-0.05, 0) is 98.5 Å². The number of fused-ring (bicyclic) bond motifs is 4. The third-order valence-electron chi connectivity index (χ3n) is 13.4. The Morgan fingerprint density at radius 2 is 0.568 bits per heavy atom. The molecule has 0 atom stereocenters. The zero-order valence-corrected chi connectivity index (χ0v) is 52.4. The van der Waals surface area contributed by atoms with Crippen molar-refractivity contribution in [2.24, 2.45) is 63.3 Å². The van der Waals surface area contributed by atoms with Crippen LogP contribution < -0.4 is 63.6 Å². The predicted molar refractivity (Wildman–Crippen MR) is 366 cm³/mol. The fraction of sp³-hybridized carbons (Fsp3) is 0.375. The first-order chi connectivity index (χ1) is 43.0. The van der Waals surface area contributed by atoms with Crippen molar-refractivity contribution in [1.82, 2.24) is 41.6 Å². The number of aromatic amines is 4. The molecule has 88 heavy (non-hydrogen) atoms. The van der Waals surface area contributed by atoms with Crippen LogP contribution in [0.1, 0.15) is 127 Å². The Balaban J connectivity index is 0.000000214. The first kappa shape index (κ1) is 68.8. The minimum Gasteiger partial charge on any atom is -0.497 e. The highest BCUT2D eigenvalue weighted by Gasteiger charge is 2.07. The Kier molecular flexibility index (Phi) is 30.9. The molecule has 0 aliphatic heterocycles. The van der Waals surface area contributed by atoms with E-state index in [9.17, 15) is 0 Å². The van der Waals surface area contributed by atoms with E-state index in [0.717, 1.165) is 166 Å². The van der Waals surface area contributed by atoms with Gasteiger partial charge < -0.3 is 61.8 Å². The molecule has 0 radical (unpaired) electrons. The summed E-state index contributed by atoms with van der Waals surface area (Å²) >= 11 is 0. The molecule has 0 unspecified atom stereocenters. The quantitative estimate of drug-likeness (QED) is 0.00943. The number of hydrogen-bond donors (Lipinski definition) is 12. The van der Waals surface area contributed by atoms with Crippen LogP contribution in [0.15, 0.2) is 138 Å². The molecule has 16 N–H and O–H groups in total. The number of aromatic nitrogens is 4. The monoisotopic (exact) mass is 1200 g/mol. The van der Waals surface area contributed by atoms with Crippen LogP contribution in [0.4, 0.5) is 0 Å². The van der Waals surface area contributed by atoms with Crippen LogP contribution in [-0.4, -0.2) is 123 Å². The maximum Gasteiger partial charge on any atom is 0.209 e. The molecule has 4 heterocycles. The first-order valence-corrected chi connectivity index (χ1v) is 29.9. The van der Waals surface area contributed by atoms with Crippen LogP contribution in [0.2, 0.25) is 0 Å². The minimum atomic E-state index is 0.338. The number of aliphatic imine (C=N–C) groups is 4. The van der Waals surface area contributed by atoms with E-state index in [0.29, 0.717) is 23.8 Å². The third-order valence-corrected chi connectivity index (χ3v) is 13.4. The molecule has 8 aromatic rings. The summed E-state index contributed by atoms with van der Waals surface area (Å²) in [5.74, 6) is 4.60. The smallest absolute Gasteiger partial charge is 0.209 e. The van der Waals surface area contributed by atoms with Crippen molar-refractivity contribution in [3.8, 4) is 23.0 Å². The number of nitrogens with one attached hydrogen (secondary N) is 8. The number of benzene rings is 4. The van der Waals surface area contributed by atoms with Gasteiger partial charge in [0.15, 0.2) is 0 Å². The lowest BCUT2D eigenvalue weighted by Crippen LogP contribution is -2.27. The fourth-order valence-corrected chi connectivity index (χ4v) is 8.48. The standard InChI is InChI=1S/4C16H23N5O/c4*1-3-4-5-8-18-16(17)21-20-11-12-10-19-15-7-6-13(22-2)9-14(12)15/h4*6-7,9-11,19H,3-5,8H2,1-2H3,(H3,17,18,21)/b2*20-11+;;. The van der Waals surface area contributed by atoms with E-state index in [2.05, 4.69) is 110 Å². The van der Waals surface area contributed by atoms with E-state index in [4.69, 9.17) is 41.9 Å². The van der Waals surface area contributed by atoms with Crippen LogP contribution in [0, 0.1) is 0 Å². The van der Waals surface area contributed by atoms with Crippen molar-refractivity contribution in [2.45, 2.75) is 105 Å². The lowest BCUT2D eigenvalue weighted by Gasteiger charge is -2.00. The number of ether oxygens (including phenoxy) is 4. The molecule has 0 saturated carbocycles. The van der Waals surface area contributed by atoms with Crippen molar-refractivity contribution >= 4 is 92.3 Å². The van der Waals surface area contributed by atoms with E-state index in [1.165, 1.54) is 25.7 Å². The van der Waals surface area contributed by atoms with Gasteiger partial charge in [-0.2, -0.15) is 20.4 Å². The average molecular weight is 1210 g/mol. The van der Waals surface area contributed by atoms with E-state index in [-0.39, 0.29) is 0 Å². The van der Waals surface area contributed by atoms with Crippen LogP contribution in [-0.2, 0) is 0 Å². The van der Waals surface area contributed by atoms with Crippen molar-refractivity contribution in [3.63, 3.8) is 0 Å². The largest absolute Gasteiger partial charge is 0.497 e. The Hall–Kier alpha value is -10.0. The molecule has 0 bridgehead atoms. The summed E-state index contributed by atoms with van der Waals surface area (Å²) in [7, 11) is 6.61. The summed E-state index contributed by atoms with van der Waals surface area (Å²) < 4.78 is 21.0. The number of hydrazone groups is 4. The molecule has 24 nitrogen and oxygen atoms in total. The molecule has 0 saturated heterocycles. The lowest BCUT2D eigenvalue weighted by molar-refractivity contribution is 0.415. The van der Waals surface area contributed by atoms with E-state index < -0.39 is 0 Å². The molecular formula is C64H92N20O4.